The number of halogens is 1. The van der Waals surface area contributed by atoms with E-state index in [0.29, 0.717) is 0 Å². The van der Waals surface area contributed by atoms with E-state index in [-0.39, 0.29) is 24.3 Å². The highest BCUT2D eigenvalue weighted by molar-refractivity contribution is 5.67. The molecule has 0 bridgehead atoms. The van der Waals surface area contributed by atoms with E-state index < -0.39 is 5.97 Å². The first-order chi connectivity index (χ1) is 7.97. The zero-order chi connectivity index (χ0) is 12.8. The van der Waals surface area contributed by atoms with Gasteiger partial charge in [0.2, 0.25) is 0 Å². The monoisotopic (exact) mass is 239 g/mol. The van der Waals surface area contributed by atoms with E-state index in [4.69, 9.17) is 5.11 Å². The third kappa shape index (κ3) is 5.45. The maximum absolute atomic E-state index is 12.7. The Labute approximate surface area is 101 Å². The lowest BCUT2D eigenvalue weighted by atomic mass is 10.1. The Balaban J connectivity index is 2.41. The largest absolute Gasteiger partial charge is 0.481 e. The third-order valence-electron chi connectivity index (χ3n) is 2.50. The van der Waals surface area contributed by atoms with Gasteiger partial charge in [0.25, 0.3) is 0 Å². The van der Waals surface area contributed by atoms with Gasteiger partial charge in [-0.1, -0.05) is 12.1 Å². The molecule has 0 heterocycles. The number of rotatable bonds is 6. The van der Waals surface area contributed by atoms with Crippen molar-refractivity contribution in [1.29, 1.82) is 0 Å². The molecule has 0 aliphatic carbocycles. The molecule has 0 spiro atoms. The van der Waals surface area contributed by atoms with Crippen molar-refractivity contribution in [2.75, 3.05) is 0 Å². The van der Waals surface area contributed by atoms with Crippen LogP contribution in [0.4, 0.5) is 4.39 Å². The van der Waals surface area contributed by atoms with Crippen molar-refractivity contribution in [3.05, 3.63) is 35.6 Å². The van der Waals surface area contributed by atoms with E-state index >= 15 is 0 Å². The average Bonchev–Trinajstić information content (AvgIpc) is 2.19. The van der Waals surface area contributed by atoms with Crippen LogP contribution in [0.2, 0.25) is 0 Å². The summed E-state index contributed by atoms with van der Waals surface area (Å²) in [7, 11) is 0. The average molecular weight is 239 g/mol. The molecule has 0 amide bonds. The molecule has 0 radical (unpaired) electrons. The smallest absolute Gasteiger partial charge is 0.304 e. The molecule has 17 heavy (non-hydrogen) atoms. The fourth-order valence-corrected chi connectivity index (χ4v) is 1.84. The Hall–Kier alpha value is -1.42. The summed E-state index contributed by atoms with van der Waals surface area (Å²) in [6.45, 7) is 3.83. The van der Waals surface area contributed by atoms with Crippen LogP contribution in [-0.2, 0) is 11.2 Å². The zero-order valence-electron chi connectivity index (χ0n) is 10.1. The summed E-state index contributed by atoms with van der Waals surface area (Å²) in [4.78, 5) is 10.5. The predicted octanol–water partition coefficient (Wildman–Crippen LogP) is 2.21. The molecule has 0 saturated heterocycles. The highest BCUT2D eigenvalue weighted by atomic mass is 19.1. The van der Waals surface area contributed by atoms with Crippen molar-refractivity contribution in [3.8, 4) is 0 Å². The minimum atomic E-state index is -0.806. The number of benzene rings is 1. The zero-order valence-corrected chi connectivity index (χ0v) is 10.1. The molecule has 1 aromatic rings. The number of hydrogen-bond donors (Lipinski definition) is 2. The summed E-state index contributed by atoms with van der Waals surface area (Å²) >= 11 is 0. The SMILES string of the molecule is CC(CC(=O)O)NC(C)Cc1ccc(F)cc1. The molecule has 0 aliphatic rings. The van der Waals surface area contributed by atoms with E-state index in [1.165, 1.54) is 12.1 Å². The lowest BCUT2D eigenvalue weighted by Gasteiger charge is -2.18. The Morgan fingerprint density at radius 1 is 1.29 bits per heavy atom. The standard InChI is InChI=1S/C13H18FNO2/c1-9(15-10(2)8-13(16)17)7-11-3-5-12(14)6-4-11/h3-6,9-10,15H,7-8H2,1-2H3,(H,16,17). The number of hydrogen-bond acceptors (Lipinski definition) is 2. The molecule has 1 aromatic carbocycles. The van der Waals surface area contributed by atoms with Gasteiger partial charge in [0, 0.05) is 12.1 Å². The van der Waals surface area contributed by atoms with Crippen molar-refractivity contribution >= 4 is 5.97 Å². The van der Waals surface area contributed by atoms with Crippen LogP contribution in [0, 0.1) is 5.82 Å². The molecule has 3 nitrogen and oxygen atoms in total. The second-order valence-electron chi connectivity index (χ2n) is 4.40. The maximum Gasteiger partial charge on any atom is 0.304 e. The van der Waals surface area contributed by atoms with Crippen LogP contribution in [0.1, 0.15) is 25.8 Å². The summed E-state index contributed by atoms with van der Waals surface area (Å²) in [5.74, 6) is -1.05. The van der Waals surface area contributed by atoms with Crippen molar-refractivity contribution in [2.24, 2.45) is 0 Å². The number of aliphatic carboxylic acids is 1. The first-order valence-corrected chi connectivity index (χ1v) is 5.69. The molecule has 0 aliphatic heterocycles. The van der Waals surface area contributed by atoms with Crippen molar-refractivity contribution in [3.63, 3.8) is 0 Å². The van der Waals surface area contributed by atoms with E-state index in [0.717, 1.165) is 12.0 Å². The first kappa shape index (κ1) is 13.6. The summed E-state index contributed by atoms with van der Waals surface area (Å²) in [6, 6.07) is 6.45. The van der Waals surface area contributed by atoms with Gasteiger partial charge in [-0.15, -0.1) is 0 Å². The molecule has 2 unspecified atom stereocenters. The molecule has 0 fully saturated rings. The summed E-state index contributed by atoms with van der Waals surface area (Å²) in [5.41, 5.74) is 1.04. The minimum Gasteiger partial charge on any atom is -0.481 e. The van der Waals surface area contributed by atoms with Crippen molar-refractivity contribution in [1.82, 2.24) is 5.32 Å². The first-order valence-electron chi connectivity index (χ1n) is 5.69. The fourth-order valence-electron chi connectivity index (χ4n) is 1.84. The third-order valence-corrected chi connectivity index (χ3v) is 2.50. The highest BCUT2D eigenvalue weighted by Gasteiger charge is 2.11. The summed E-state index contributed by atoms with van der Waals surface area (Å²) in [5, 5.41) is 11.8. The van der Waals surface area contributed by atoms with Gasteiger partial charge >= 0.3 is 5.97 Å². The lowest BCUT2D eigenvalue weighted by Crippen LogP contribution is -2.37. The van der Waals surface area contributed by atoms with E-state index in [1.54, 1.807) is 12.1 Å². The molecular weight excluding hydrogens is 221 g/mol. The molecule has 2 atom stereocenters. The minimum absolute atomic E-state index is 0.0667. The van der Waals surface area contributed by atoms with Crippen LogP contribution in [0.25, 0.3) is 0 Å². The van der Waals surface area contributed by atoms with Gasteiger partial charge in [0.15, 0.2) is 0 Å². The summed E-state index contributed by atoms with van der Waals surface area (Å²) < 4.78 is 12.7. The van der Waals surface area contributed by atoms with Crippen molar-refractivity contribution < 1.29 is 14.3 Å². The number of nitrogens with one attached hydrogen (secondary N) is 1. The van der Waals surface area contributed by atoms with Gasteiger partial charge in [-0.25, -0.2) is 4.39 Å². The Bertz CT molecular complexity index is 364. The predicted molar refractivity (Wildman–Crippen MR) is 64.4 cm³/mol. The molecule has 0 aromatic heterocycles. The molecule has 1 rings (SSSR count). The van der Waals surface area contributed by atoms with E-state index in [1.807, 2.05) is 13.8 Å². The maximum atomic E-state index is 12.7. The van der Waals surface area contributed by atoms with Crippen LogP contribution in [0.3, 0.4) is 0 Å². The Kier molecular flexibility index (Phi) is 5.10. The van der Waals surface area contributed by atoms with E-state index in [9.17, 15) is 9.18 Å². The van der Waals surface area contributed by atoms with Gasteiger partial charge in [-0.3, -0.25) is 4.79 Å². The van der Waals surface area contributed by atoms with Crippen LogP contribution in [0.15, 0.2) is 24.3 Å². The lowest BCUT2D eigenvalue weighted by molar-refractivity contribution is -0.137. The Morgan fingerprint density at radius 3 is 2.41 bits per heavy atom. The van der Waals surface area contributed by atoms with Gasteiger partial charge in [0.05, 0.1) is 6.42 Å². The second kappa shape index (κ2) is 6.35. The second-order valence-corrected chi connectivity index (χ2v) is 4.40. The van der Waals surface area contributed by atoms with Crippen LogP contribution in [0.5, 0.6) is 0 Å². The number of carboxylic acid groups (broad SMARTS) is 1. The number of carboxylic acids is 1. The van der Waals surface area contributed by atoms with Gasteiger partial charge in [-0.2, -0.15) is 0 Å². The van der Waals surface area contributed by atoms with E-state index in [2.05, 4.69) is 5.32 Å². The molecule has 4 heteroatoms. The van der Waals surface area contributed by atoms with Crippen molar-refractivity contribution in [2.45, 2.75) is 38.8 Å². The van der Waals surface area contributed by atoms with Crippen LogP contribution in [-0.4, -0.2) is 23.2 Å². The number of carbonyl (C=O) groups is 1. The highest BCUT2D eigenvalue weighted by Crippen LogP contribution is 2.06. The topological polar surface area (TPSA) is 49.3 Å². The fraction of sp³-hybridized carbons (Fsp3) is 0.462. The van der Waals surface area contributed by atoms with Gasteiger partial charge in [0.1, 0.15) is 5.82 Å². The summed E-state index contributed by atoms with van der Waals surface area (Å²) in [6.07, 6.45) is 0.859. The van der Waals surface area contributed by atoms with Gasteiger partial charge < -0.3 is 10.4 Å². The quantitative estimate of drug-likeness (QED) is 0.800. The van der Waals surface area contributed by atoms with Crippen LogP contribution >= 0.6 is 0 Å². The van der Waals surface area contributed by atoms with Crippen LogP contribution < -0.4 is 5.32 Å². The molecule has 2 N–H and O–H groups in total. The molecule has 0 saturated carbocycles. The molecule has 94 valence electrons. The molecular formula is C13H18FNO2. The Morgan fingerprint density at radius 2 is 1.88 bits per heavy atom. The van der Waals surface area contributed by atoms with Gasteiger partial charge in [-0.05, 0) is 38.0 Å². The normalized spacial score (nSPS) is 14.3.